The largest absolute Gasteiger partial charge is 0.497 e. The van der Waals surface area contributed by atoms with Gasteiger partial charge in [0.25, 0.3) is 5.91 Å². The average Bonchev–Trinajstić information content (AvgIpc) is 2.58. The van der Waals surface area contributed by atoms with Gasteiger partial charge in [-0.25, -0.2) is 5.43 Å². The molecule has 0 aliphatic heterocycles. The fourth-order valence-electron chi connectivity index (χ4n) is 1.93. The summed E-state index contributed by atoms with van der Waals surface area (Å²) in [5, 5.41) is 4.08. The van der Waals surface area contributed by atoms with Gasteiger partial charge in [0.2, 0.25) is 0 Å². The number of nitrogens with one attached hydrogen (secondary N) is 1. The van der Waals surface area contributed by atoms with Crippen LogP contribution in [-0.2, 0) is 4.79 Å². The van der Waals surface area contributed by atoms with Crippen molar-refractivity contribution in [2.45, 2.75) is 13.8 Å². The van der Waals surface area contributed by atoms with E-state index in [1.807, 2.05) is 62.4 Å². The Labute approximate surface area is 135 Å². The minimum Gasteiger partial charge on any atom is -0.497 e. The predicted molar refractivity (Wildman–Crippen MR) is 90.0 cm³/mol. The second-order valence-corrected chi connectivity index (χ2v) is 5.07. The van der Waals surface area contributed by atoms with Gasteiger partial charge in [-0.3, -0.25) is 4.79 Å². The maximum absolute atomic E-state index is 11.8. The second kappa shape index (κ2) is 7.98. The standard InChI is InChI=1S/C18H20N2O3/c1-13-5-4-6-17(11-13)23-12-18(21)20-19-14(2)15-7-9-16(22-3)10-8-15/h4-11H,12H2,1-3H3,(H,20,21). The molecule has 0 heterocycles. The lowest BCUT2D eigenvalue weighted by Crippen LogP contribution is -2.25. The summed E-state index contributed by atoms with van der Waals surface area (Å²) in [5.41, 5.74) is 5.18. The Kier molecular flexibility index (Phi) is 5.74. The molecule has 0 unspecified atom stereocenters. The maximum Gasteiger partial charge on any atom is 0.277 e. The zero-order valence-corrected chi connectivity index (χ0v) is 13.5. The number of carbonyl (C=O) groups excluding carboxylic acids is 1. The molecule has 2 aromatic carbocycles. The van der Waals surface area contributed by atoms with Gasteiger partial charge in [-0.15, -0.1) is 0 Å². The van der Waals surface area contributed by atoms with Crippen LogP contribution in [-0.4, -0.2) is 25.3 Å². The topological polar surface area (TPSA) is 59.9 Å². The molecule has 5 heteroatoms. The van der Waals surface area contributed by atoms with Gasteiger partial charge < -0.3 is 9.47 Å². The lowest BCUT2D eigenvalue weighted by atomic mass is 10.1. The maximum atomic E-state index is 11.8. The van der Waals surface area contributed by atoms with Crippen LogP contribution in [0, 0.1) is 6.92 Å². The first-order chi connectivity index (χ1) is 11.1. The number of rotatable bonds is 6. The smallest absolute Gasteiger partial charge is 0.277 e. The number of methoxy groups -OCH3 is 1. The molecule has 23 heavy (non-hydrogen) atoms. The first-order valence-electron chi connectivity index (χ1n) is 7.25. The molecular formula is C18H20N2O3. The predicted octanol–water partition coefficient (Wildman–Crippen LogP) is 2.92. The van der Waals surface area contributed by atoms with Crippen molar-refractivity contribution in [1.29, 1.82) is 0 Å². The van der Waals surface area contributed by atoms with Crippen molar-refractivity contribution in [1.82, 2.24) is 5.43 Å². The Morgan fingerprint density at radius 3 is 2.52 bits per heavy atom. The molecule has 2 aromatic rings. The molecule has 0 aromatic heterocycles. The molecule has 0 spiro atoms. The summed E-state index contributed by atoms with van der Waals surface area (Å²) in [4.78, 5) is 11.8. The third-order valence-electron chi connectivity index (χ3n) is 3.22. The monoisotopic (exact) mass is 312 g/mol. The van der Waals surface area contributed by atoms with E-state index in [9.17, 15) is 4.79 Å². The van der Waals surface area contributed by atoms with E-state index in [1.165, 1.54) is 0 Å². The molecule has 0 atom stereocenters. The van der Waals surface area contributed by atoms with Gasteiger partial charge in [0.15, 0.2) is 6.61 Å². The summed E-state index contributed by atoms with van der Waals surface area (Å²) in [6.45, 7) is 3.71. The molecule has 120 valence electrons. The molecule has 0 radical (unpaired) electrons. The van der Waals surface area contributed by atoms with E-state index in [0.29, 0.717) is 11.5 Å². The Morgan fingerprint density at radius 2 is 1.87 bits per heavy atom. The van der Waals surface area contributed by atoms with Crippen LogP contribution in [0.1, 0.15) is 18.1 Å². The molecule has 0 saturated carbocycles. The van der Waals surface area contributed by atoms with Crippen LogP contribution < -0.4 is 14.9 Å². The van der Waals surface area contributed by atoms with Crippen molar-refractivity contribution in [3.8, 4) is 11.5 Å². The molecule has 0 aliphatic carbocycles. The molecule has 0 fully saturated rings. The summed E-state index contributed by atoms with van der Waals surface area (Å²) in [6.07, 6.45) is 0. The summed E-state index contributed by atoms with van der Waals surface area (Å²) in [7, 11) is 1.62. The fourth-order valence-corrected chi connectivity index (χ4v) is 1.93. The molecule has 0 bridgehead atoms. The van der Waals surface area contributed by atoms with Crippen LogP contribution in [0.25, 0.3) is 0 Å². The Bertz CT molecular complexity index is 694. The minimum atomic E-state index is -0.306. The number of ether oxygens (including phenoxy) is 2. The van der Waals surface area contributed by atoms with E-state index in [-0.39, 0.29) is 12.5 Å². The van der Waals surface area contributed by atoms with Crippen LogP contribution in [0.3, 0.4) is 0 Å². The third kappa shape index (κ3) is 5.14. The molecule has 1 N–H and O–H groups in total. The number of aryl methyl sites for hydroxylation is 1. The average molecular weight is 312 g/mol. The minimum absolute atomic E-state index is 0.0805. The zero-order chi connectivity index (χ0) is 16.7. The first-order valence-corrected chi connectivity index (χ1v) is 7.25. The van der Waals surface area contributed by atoms with Crippen LogP contribution in [0.15, 0.2) is 53.6 Å². The van der Waals surface area contributed by atoms with Gasteiger partial charge in [-0.05, 0) is 61.4 Å². The highest BCUT2D eigenvalue weighted by Gasteiger charge is 2.03. The summed E-state index contributed by atoms with van der Waals surface area (Å²) >= 11 is 0. The lowest BCUT2D eigenvalue weighted by Gasteiger charge is -2.07. The van der Waals surface area contributed by atoms with Gasteiger partial charge >= 0.3 is 0 Å². The molecule has 0 aliphatic rings. The quantitative estimate of drug-likeness (QED) is 0.659. The van der Waals surface area contributed by atoms with E-state index >= 15 is 0 Å². The normalized spacial score (nSPS) is 11.0. The van der Waals surface area contributed by atoms with Crippen molar-refractivity contribution >= 4 is 11.6 Å². The van der Waals surface area contributed by atoms with Crippen LogP contribution in [0.4, 0.5) is 0 Å². The number of carbonyl (C=O) groups is 1. The van der Waals surface area contributed by atoms with E-state index in [2.05, 4.69) is 10.5 Å². The van der Waals surface area contributed by atoms with Crippen molar-refractivity contribution < 1.29 is 14.3 Å². The van der Waals surface area contributed by atoms with E-state index in [0.717, 1.165) is 16.9 Å². The summed E-state index contributed by atoms with van der Waals surface area (Å²) < 4.78 is 10.5. The van der Waals surface area contributed by atoms with Crippen LogP contribution in [0.2, 0.25) is 0 Å². The number of hydrogen-bond donors (Lipinski definition) is 1. The van der Waals surface area contributed by atoms with Crippen molar-refractivity contribution in [3.63, 3.8) is 0 Å². The highest BCUT2D eigenvalue weighted by atomic mass is 16.5. The Morgan fingerprint density at radius 1 is 1.13 bits per heavy atom. The molecule has 0 saturated heterocycles. The third-order valence-corrected chi connectivity index (χ3v) is 3.22. The first kappa shape index (κ1) is 16.5. The van der Waals surface area contributed by atoms with Crippen molar-refractivity contribution in [2.75, 3.05) is 13.7 Å². The molecule has 1 amide bonds. The SMILES string of the molecule is COc1ccc(C(C)=NNC(=O)COc2cccc(C)c2)cc1. The van der Waals surface area contributed by atoms with Gasteiger partial charge in [0.05, 0.1) is 12.8 Å². The zero-order valence-electron chi connectivity index (χ0n) is 13.5. The van der Waals surface area contributed by atoms with Crippen molar-refractivity contribution in [3.05, 3.63) is 59.7 Å². The molecule has 5 nitrogen and oxygen atoms in total. The second-order valence-electron chi connectivity index (χ2n) is 5.07. The summed E-state index contributed by atoms with van der Waals surface area (Å²) in [5.74, 6) is 1.13. The Hall–Kier alpha value is -2.82. The van der Waals surface area contributed by atoms with E-state index in [1.54, 1.807) is 7.11 Å². The van der Waals surface area contributed by atoms with Gasteiger partial charge in [-0.1, -0.05) is 12.1 Å². The Balaban J connectivity index is 1.86. The highest BCUT2D eigenvalue weighted by molar-refractivity contribution is 5.99. The van der Waals surface area contributed by atoms with E-state index in [4.69, 9.17) is 9.47 Å². The fraction of sp³-hybridized carbons (Fsp3) is 0.222. The lowest BCUT2D eigenvalue weighted by molar-refractivity contribution is -0.123. The van der Waals surface area contributed by atoms with Crippen LogP contribution in [0.5, 0.6) is 11.5 Å². The number of nitrogens with zero attached hydrogens (tertiary/aromatic N) is 1. The van der Waals surface area contributed by atoms with Crippen molar-refractivity contribution in [2.24, 2.45) is 5.10 Å². The molecule has 2 rings (SSSR count). The summed E-state index contributed by atoms with van der Waals surface area (Å²) in [6, 6.07) is 15.0. The number of hydrogen-bond acceptors (Lipinski definition) is 4. The van der Waals surface area contributed by atoms with E-state index < -0.39 is 0 Å². The van der Waals surface area contributed by atoms with Gasteiger partial charge in [-0.2, -0.15) is 5.10 Å². The highest BCUT2D eigenvalue weighted by Crippen LogP contribution is 2.12. The number of amides is 1. The van der Waals surface area contributed by atoms with Gasteiger partial charge in [0, 0.05) is 0 Å². The van der Waals surface area contributed by atoms with Crippen LogP contribution >= 0.6 is 0 Å². The number of benzene rings is 2. The molecular weight excluding hydrogens is 292 g/mol. The number of hydrazone groups is 1. The van der Waals surface area contributed by atoms with Gasteiger partial charge in [0.1, 0.15) is 11.5 Å².